The third kappa shape index (κ3) is 2.90. The number of hydrogen-bond acceptors (Lipinski definition) is 4. The van der Waals surface area contributed by atoms with Crippen LogP contribution in [0, 0.1) is 10.1 Å². The quantitative estimate of drug-likeness (QED) is 0.644. The summed E-state index contributed by atoms with van der Waals surface area (Å²) < 4.78 is 0. The third-order valence-electron chi connectivity index (χ3n) is 3.49. The zero-order valence-corrected chi connectivity index (χ0v) is 10.5. The fourth-order valence-electron chi connectivity index (χ4n) is 2.64. The molecule has 2 rings (SSSR count). The number of hydrogen-bond donors (Lipinski definition) is 2. The second-order valence-corrected chi connectivity index (χ2v) is 4.68. The van der Waals surface area contributed by atoms with Crippen molar-refractivity contribution < 1.29 is 14.8 Å². The fraction of sp³-hybridized carbons (Fsp3) is 0.462. The standard InChI is InChI=1S/C13H16N2O4/c16-13(17)10-4-1-5-11(15(18)19)12(10)9-3-2-7-14-8-6-9/h1,4-5,9,14H,2-3,6-8H2,(H,16,17). The summed E-state index contributed by atoms with van der Waals surface area (Å²) in [6.07, 6.45) is 2.40. The van der Waals surface area contributed by atoms with Crippen molar-refractivity contribution in [3.63, 3.8) is 0 Å². The highest BCUT2D eigenvalue weighted by atomic mass is 16.6. The van der Waals surface area contributed by atoms with E-state index in [1.54, 1.807) is 0 Å². The minimum Gasteiger partial charge on any atom is -0.478 e. The molecule has 1 aliphatic rings. The molecule has 1 aliphatic heterocycles. The fourth-order valence-corrected chi connectivity index (χ4v) is 2.64. The molecule has 1 heterocycles. The summed E-state index contributed by atoms with van der Waals surface area (Å²) in [6, 6.07) is 4.27. The maximum atomic E-state index is 11.3. The maximum Gasteiger partial charge on any atom is 0.336 e. The van der Waals surface area contributed by atoms with Gasteiger partial charge in [0, 0.05) is 11.6 Å². The Hall–Kier alpha value is -1.95. The van der Waals surface area contributed by atoms with Crippen LogP contribution in [-0.2, 0) is 0 Å². The molecule has 0 aromatic heterocycles. The van der Waals surface area contributed by atoms with E-state index in [1.807, 2.05) is 0 Å². The number of nitrogens with zero attached hydrogens (tertiary/aromatic N) is 1. The molecule has 19 heavy (non-hydrogen) atoms. The Bertz CT molecular complexity index is 461. The van der Waals surface area contributed by atoms with Crippen LogP contribution in [-0.4, -0.2) is 29.1 Å². The number of benzene rings is 1. The lowest BCUT2D eigenvalue weighted by Crippen LogP contribution is -2.15. The molecule has 1 aromatic carbocycles. The molecule has 0 radical (unpaired) electrons. The van der Waals surface area contributed by atoms with Gasteiger partial charge in [-0.1, -0.05) is 6.07 Å². The number of rotatable bonds is 3. The summed E-state index contributed by atoms with van der Waals surface area (Å²) in [5, 5.41) is 23.6. The van der Waals surface area contributed by atoms with Crippen molar-refractivity contribution in [2.75, 3.05) is 13.1 Å². The van der Waals surface area contributed by atoms with E-state index in [2.05, 4.69) is 5.32 Å². The molecular formula is C13H16N2O4. The predicted molar refractivity (Wildman–Crippen MR) is 69.5 cm³/mol. The maximum absolute atomic E-state index is 11.3. The average molecular weight is 264 g/mol. The van der Waals surface area contributed by atoms with Crippen LogP contribution in [0.25, 0.3) is 0 Å². The van der Waals surface area contributed by atoms with Gasteiger partial charge in [0.15, 0.2) is 0 Å². The van der Waals surface area contributed by atoms with Gasteiger partial charge in [0.2, 0.25) is 0 Å². The summed E-state index contributed by atoms with van der Waals surface area (Å²) in [5.41, 5.74) is 0.358. The molecule has 0 amide bonds. The van der Waals surface area contributed by atoms with E-state index in [4.69, 9.17) is 0 Å². The highest BCUT2D eigenvalue weighted by molar-refractivity contribution is 5.91. The molecule has 102 valence electrons. The van der Waals surface area contributed by atoms with Gasteiger partial charge < -0.3 is 10.4 Å². The predicted octanol–water partition coefficient (Wildman–Crippen LogP) is 2.15. The lowest BCUT2D eigenvalue weighted by atomic mass is 9.87. The first-order valence-corrected chi connectivity index (χ1v) is 6.32. The number of carbonyl (C=O) groups is 1. The molecule has 0 bridgehead atoms. The number of carboxylic acid groups (broad SMARTS) is 1. The minimum absolute atomic E-state index is 0.0566. The van der Waals surface area contributed by atoms with Crippen LogP contribution < -0.4 is 5.32 Å². The van der Waals surface area contributed by atoms with Crippen LogP contribution in [0.4, 0.5) is 5.69 Å². The topological polar surface area (TPSA) is 92.5 Å². The summed E-state index contributed by atoms with van der Waals surface area (Å²) in [6.45, 7) is 1.63. The first-order chi connectivity index (χ1) is 9.11. The molecule has 0 saturated carbocycles. The lowest BCUT2D eigenvalue weighted by molar-refractivity contribution is -0.385. The van der Waals surface area contributed by atoms with Crippen molar-refractivity contribution in [1.29, 1.82) is 0 Å². The second kappa shape index (κ2) is 5.79. The van der Waals surface area contributed by atoms with E-state index >= 15 is 0 Å². The Balaban J connectivity index is 2.50. The molecule has 1 aromatic rings. The Morgan fingerprint density at radius 3 is 2.84 bits per heavy atom. The van der Waals surface area contributed by atoms with Gasteiger partial charge in [-0.15, -0.1) is 0 Å². The number of nitrogens with one attached hydrogen (secondary N) is 1. The molecule has 1 atom stereocenters. The van der Waals surface area contributed by atoms with Crippen LogP contribution in [0.1, 0.15) is 41.1 Å². The molecular weight excluding hydrogens is 248 g/mol. The van der Waals surface area contributed by atoms with Gasteiger partial charge in [-0.25, -0.2) is 4.79 Å². The van der Waals surface area contributed by atoms with Crippen molar-refractivity contribution in [2.24, 2.45) is 0 Å². The first kappa shape index (κ1) is 13.5. The molecule has 0 aliphatic carbocycles. The van der Waals surface area contributed by atoms with Gasteiger partial charge in [0.05, 0.1) is 10.5 Å². The molecule has 1 fully saturated rings. The Kier molecular flexibility index (Phi) is 4.11. The largest absolute Gasteiger partial charge is 0.478 e. The zero-order valence-electron chi connectivity index (χ0n) is 10.5. The van der Waals surface area contributed by atoms with Crippen molar-refractivity contribution >= 4 is 11.7 Å². The first-order valence-electron chi connectivity index (χ1n) is 6.32. The molecule has 1 saturated heterocycles. The summed E-state index contributed by atoms with van der Waals surface area (Å²) in [5.74, 6) is -1.17. The van der Waals surface area contributed by atoms with Gasteiger partial charge in [-0.2, -0.15) is 0 Å². The van der Waals surface area contributed by atoms with Crippen molar-refractivity contribution in [3.05, 3.63) is 39.4 Å². The third-order valence-corrected chi connectivity index (χ3v) is 3.49. The van der Waals surface area contributed by atoms with Crippen molar-refractivity contribution in [1.82, 2.24) is 5.32 Å². The van der Waals surface area contributed by atoms with Gasteiger partial charge in [-0.3, -0.25) is 10.1 Å². The van der Waals surface area contributed by atoms with E-state index in [-0.39, 0.29) is 17.2 Å². The molecule has 6 heteroatoms. The molecule has 2 N–H and O–H groups in total. The number of nitro benzene ring substituents is 1. The minimum atomic E-state index is -1.10. The van der Waals surface area contributed by atoms with Gasteiger partial charge in [0.1, 0.15) is 0 Å². The number of aromatic carboxylic acids is 1. The summed E-state index contributed by atoms with van der Waals surface area (Å²) in [7, 11) is 0. The summed E-state index contributed by atoms with van der Waals surface area (Å²) in [4.78, 5) is 21.9. The zero-order chi connectivity index (χ0) is 13.8. The smallest absolute Gasteiger partial charge is 0.336 e. The van der Waals surface area contributed by atoms with Gasteiger partial charge in [-0.05, 0) is 44.3 Å². The number of carboxylic acids is 1. The highest BCUT2D eigenvalue weighted by Gasteiger charge is 2.28. The molecule has 6 nitrogen and oxygen atoms in total. The van der Waals surface area contributed by atoms with E-state index in [0.29, 0.717) is 5.56 Å². The Labute approximate surface area is 110 Å². The van der Waals surface area contributed by atoms with Crippen molar-refractivity contribution in [2.45, 2.75) is 25.2 Å². The van der Waals surface area contributed by atoms with Crippen molar-refractivity contribution in [3.8, 4) is 0 Å². The average Bonchev–Trinajstić information content (AvgIpc) is 2.66. The Morgan fingerprint density at radius 1 is 1.37 bits per heavy atom. The molecule has 1 unspecified atom stereocenters. The van der Waals surface area contributed by atoms with E-state index in [1.165, 1.54) is 18.2 Å². The van der Waals surface area contributed by atoms with E-state index < -0.39 is 10.9 Å². The van der Waals surface area contributed by atoms with Crippen LogP contribution in [0.2, 0.25) is 0 Å². The number of nitro groups is 1. The normalized spacial score (nSPS) is 19.7. The Morgan fingerprint density at radius 2 is 2.16 bits per heavy atom. The van der Waals surface area contributed by atoms with Gasteiger partial charge in [0.25, 0.3) is 5.69 Å². The second-order valence-electron chi connectivity index (χ2n) is 4.68. The molecule has 0 spiro atoms. The van der Waals surface area contributed by atoms with Crippen LogP contribution in [0.3, 0.4) is 0 Å². The lowest BCUT2D eigenvalue weighted by Gasteiger charge is -2.16. The van der Waals surface area contributed by atoms with E-state index in [9.17, 15) is 20.0 Å². The van der Waals surface area contributed by atoms with Crippen LogP contribution in [0.5, 0.6) is 0 Å². The SMILES string of the molecule is O=C(O)c1cccc([N+](=O)[O-])c1C1CCCNCC1. The van der Waals surface area contributed by atoms with E-state index in [0.717, 1.165) is 32.4 Å². The van der Waals surface area contributed by atoms with Crippen LogP contribution in [0.15, 0.2) is 18.2 Å². The highest BCUT2D eigenvalue weighted by Crippen LogP contribution is 2.35. The summed E-state index contributed by atoms with van der Waals surface area (Å²) >= 11 is 0. The monoisotopic (exact) mass is 264 g/mol. The van der Waals surface area contributed by atoms with Gasteiger partial charge >= 0.3 is 5.97 Å². The van der Waals surface area contributed by atoms with Crippen LogP contribution >= 0.6 is 0 Å².